The molecule has 2 rings (SSSR count). The SMILES string of the molecule is CC(C)c1ncc(Cl)c(C(=O)N2C[C@H](O)CO2)n1. The van der Waals surface area contributed by atoms with Gasteiger partial charge in [0.1, 0.15) is 18.5 Å². The van der Waals surface area contributed by atoms with E-state index in [2.05, 4.69) is 9.97 Å². The summed E-state index contributed by atoms with van der Waals surface area (Å²) in [6.07, 6.45) is 0.739. The average molecular weight is 272 g/mol. The number of hydrogen-bond donors (Lipinski definition) is 1. The van der Waals surface area contributed by atoms with Gasteiger partial charge < -0.3 is 5.11 Å². The van der Waals surface area contributed by atoms with Crippen LogP contribution in [-0.4, -0.2) is 45.3 Å². The summed E-state index contributed by atoms with van der Waals surface area (Å²) in [6, 6.07) is 0. The van der Waals surface area contributed by atoms with Crippen molar-refractivity contribution < 1.29 is 14.7 Å². The van der Waals surface area contributed by atoms with Crippen LogP contribution in [0.5, 0.6) is 0 Å². The lowest BCUT2D eigenvalue weighted by atomic mass is 10.2. The second-order valence-corrected chi connectivity index (χ2v) is 4.80. The van der Waals surface area contributed by atoms with Crippen molar-refractivity contribution in [3.8, 4) is 0 Å². The van der Waals surface area contributed by atoms with E-state index in [-0.39, 0.29) is 29.8 Å². The predicted octanol–water partition coefficient (Wildman–Crippen LogP) is 1.00. The Balaban J connectivity index is 2.26. The standard InChI is InChI=1S/C11H14ClN3O3/c1-6(2)10-13-3-8(12)9(14-10)11(17)15-4-7(16)5-18-15/h3,6-7,16H,4-5H2,1-2H3/t7-/m0/s1. The van der Waals surface area contributed by atoms with Crippen molar-refractivity contribution in [2.24, 2.45) is 0 Å². The minimum Gasteiger partial charge on any atom is -0.389 e. The molecule has 0 saturated carbocycles. The summed E-state index contributed by atoms with van der Waals surface area (Å²) in [5, 5.41) is 10.6. The van der Waals surface area contributed by atoms with E-state index < -0.39 is 12.0 Å². The highest BCUT2D eigenvalue weighted by atomic mass is 35.5. The molecule has 0 radical (unpaired) electrons. The summed E-state index contributed by atoms with van der Waals surface area (Å²) in [5.74, 6) is 0.183. The number of nitrogens with zero attached hydrogens (tertiary/aromatic N) is 3. The van der Waals surface area contributed by atoms with Gasteiger partial charge in [-0.05, 0) is 0 Å². The molecule has 6 nitrogen and oxygen atoms in total. The highest BCUT2D eigenvalue weighted by Gasteiger charge is 2.29. The van der Waals surface area contributed by atoms with Crippen LogP contribution in [0, 0.1) is 0 Å². The minimum atomic E-state index is -0.667. The Bertz CT molecular complexity index is 467. The molecule has 0 unspecified atom stereocenters. The molecule has 0 aliphatic carbocycles. The molecule has 1 fully saturated rings. The zero-order valence-electron chi connectivity index (χ0n) is 10.1. The molecule has 2 heterocycles. The van der Waals surface area contributed by atoms with Gasteiger partial charge in [-0.2, -0.15) is 0 Å². The van der Waals surface area contributed by atoms with Crippen molar-refractivity contribution in [2.75, 3.05) is 13.2 Å². The number of aromatic nitrogens is 2. The van der Waals surface area contributed by atoms with E-state index in [0.717, 1.165) is 5.06 Å². The van der Waals surface area contributed by atoms with E-state index >= 15 is 0 Å². The van der Waals surface area contributed by atoms with Gasteiger partial charge in [-0.3, -0.25) is 9.63 Å². The normalized spacial score (nSPS) is 19.6. The zero-order valence-corrected chi connectivity index (χ0v) is 10.9. The van der Waals surface area contributed by atoms with Gasteiger partial charge in [-0.1, -0.05) is 25.4 Å². The summed E-state index contributed by atoms with van der Waals surface area (Å²) in [6.45, 7) is 4.07. The Labute approximate surface area is 110 Å². The Morgan fingerprint density at radius 1 is 1.67 bits per heavy atom. The largest absolute Gasteiger partial charge is 0.389 e. The van der Waals surface area contributed by atoms with Crippen LogP contribution in [0.2, 0.25) is 5.02 Å². The summed E-state index contributed by atoms with van der Waals surface area (Å²) in [7, 11) is 0. The van der Waals surface area contributed by atoms with Crippen LogP contribution in [-0.2, 0) is 4.84 Å². The number of halogens is 1. The number of carbonyl (C=O) groups excluding carboxylic acids is 1. The molecule has 1 saturated heterocycles. The van der Waals surface area contributed by atoms with Gasteiger partial charge in [-0.15, -0.1) is 0 Å². The number of hydrogen-bond acceptors (Lipinski definition) is 5. The summed E-state index contributed by atoms with van der Waals surface area (Å²) in [4.78, 5) is 25.4. The van der Waals surface area contributed by atoms with Gasteiger partial charge in [0, 0.05) is 5.92 Å². The molecular formula is C11H14ClN3O3. The molecular weight excluding hydrogens is 258 g/mol. The molecule has 1 aromatic rings. The van der Waals surface area contributed by atoms with Gasteiger partial charge in [0.15, 0.2) is 5.69 Å². The lowest BCUT2D eigenvalue weighted by Gasteiger charge is -2.14. The van der Waals surface area contributed by atoms with Crippen LogP contribution in [0.15, 0.2) is 6.20 Å². The topological polar surface area (TPSA) is 75.6 Å². The number of β-amino-alcohol motifs (C(OH)–C–C–N with tert-alkyl or cyclic N) is 1. The number of aliphatic hydroxyl groups is 1. The molecule has 1 aliphatic heterocycles. The Morgan fingerprint density at radius 2 is 2.39 bits per heavy atom. The van der Waals surface area contributed by atoms with E-state index in [1.165, 1.54) is 6.20 Å². The van der Waals surface area contributed by atoms with E-state index in [0.29, 0.717) is 5.82 Å². The maximum absolute atomic E-state index is 12.1. The van der Waals surface area contributed by atoms with Crippen molar-refractivity contribution in [2.45, 2.75) is 25.9 Å². The van der Waals surface area contributed by atoms with E-state index in [4.69, 9.17) is 16.4 Å². The highest BCUT2D eigenvalue weighted by Crippen LogP contribution is 2.19. The lowest BCUT2D eigenvalue weighted by Crippen LogP contribution is -2.29. The first-order valence-corrected chi connectivity index (χ1v) is 6.02. The van der Waals surface area contributed by atoms with Crippen LogP contribution in [0.25, 0.3) is 0 Å². The first-order valence-electron chi connectivity index (χ1n) is 5.64. The molecule has 0 aromatic carbocycles. The fourth-order valence-corrected chi connectivity index (χ4v) is 1.71. The highest BCUT2D eigenvalue weighted by molar-refractivity contribution is 6.33. The van der Waals surface area contributed by atoms with Crippen LogP contribution in [0.1, 0.15) is 36.1 Å². The van der Waals surface area contributed by atoms with Crippen molar-refractivity contribution in [1.29, 1.82) is 0 Å². The van der Waals surface area contributed by atoms with Crippen molar-refractivity contribution in [1.82, 2.24) is 15.0 Å². The number of hydroxylamine groups is 2. The third-order valence-corrected chi connectivity index (χ3v) is 2.78. The summed E-state index contributed by atoms with van der Waals surface area (Å²) >= 11 is 5.92. The van der Waals surface area contributed by atoms with Gasteiger partial charge in [0.05, 0.1) is 17.8 Å². The van der Waals surface area contributed by atoms with E-state index in [9.17, 15) is 9.90 Å². The van der Waals surface area contributed by atoms with Crippen LogP contribution < -0.4 is 0 Å². The average Bonchev–Trinajstić information content (AvgIpc) is 2.75. The second kappa shape index (κ2) is 5.17. The van der Waals surface area contributed by atoms with Crippen molar-refractivity contribution in [3.63, 3.8) is 0 Å². The molecule has 1 N–H and O–H groups in total. The molecule has 1 amide bonds. The maximum Gasteiger partial charge on any atom is 0.297 e. The summed E-state index contributed by atoms with van der Waals surface area (Å²) < 4.78 is 0. The van der Waals surface area contributed by atoms with E-state index in [1.54, 1.807) is 0 Å². The van der Waals surface area contributed by atoms with Gasteiger partial charge in [0.25, 0.3) is 5.91 Å². The molecule has 1 atom stereocenters. The quantitative estimate of drug-likeness (QED) is 0.869. The lowest BCUT2D eigenvalue weighted by molar-refractivity contribution is -0.0783. The molecule has 0 spiro atoms. The Hall–Kier alpha value is -1.24. The van der Waals surface area contributed by atoms with Crippen LogP contribution in [0.3, 0.4) is 0 Å². The van der Waals surface area contributed by atoms with Crippen molar-refractivity contribution >= 4 is 17.5 Å². The third kappa shape index (κ3) is 2.60. The first-order chi connectivity index (χ1) is 8.49. The fourth-order valence-electron chi connectivity index (χ4n) is 1.54. The predicted molar refractivity (Wildman–Crippen MR) is 64.1 cm³/mol. The van der Waals surface area contributed by atoms with Gasteiger partial charge in [0.2, 0.25) is 0 Å². The molecule has 7 heteroatoms. The molecule has 1 aromatic heterocycles. The minimum absolute atomic E-state index is 0.0962. The monoisotopic (exact) mass is 271 g/mol. The van der Waals surface area contributed by atoms with E-state index in [1.807, 2.05) is 13.8 Å². The number of rotatable bonds is 2. The fraction of sp³-hybridized carbons (Fsp3) is 0.545. The molecule has 0 bridgehead atoms. The molecule has 1 aliphatic rings. The number of carbonyl (C=O) groups is 1. The number of aliphatic hydroxyl groups excluding tert-OH is 1. The Morgan fingerprint density at radius 3 is 2.94 bits per heavy atom. The maximum atomic E-state index is 12.1. The zero-order chi connectivity index (χ0) is 13.3. The van der Waals surface area contributed by atoms with Gasteiger partial charge in [-0.25, -0.2) is 15.0 Å². The molecule has 18 heavy (non-hydrogen) atoms. The Kier molecular flexibility index (Phi) is 3.79. The first kappa shape index (κ1) is 13.2. The third-order valence-electron chi connectivity index (χ3n) is 2.51. The van der Waals surface area contributed by atoms with Crippen LogP contribution in [0.4, 0.5) is 0 Å². The molecule has 98 valence electrons. The summed E-state index contributed by atoms with van der Waals surface area (Å²) in [5.41, 5.74) is 0.101. The van der Waals surface area contributed by atoms with Crippen LogP contribution >= 0.6 is 11.6 Å². The van der Waals surface area contributed by atoms with Gasteiger partial charge >= 0.3 is 0 Å². The second-order valence-electron chi connectivity index (χ2n) is 4.40. The van der Waals surface area contributed by atoms with Crippen molar-refractivity contribution in [3.05, 3.63) is 22.7 Å². The smallest absolute Gasteiger partial charge is 0.297 e. The number of amides is 1.